The zero-order valence-electron chi connectivity index (χ0n) is 11.2. The topological polar surface area (TPSA) is 88.4 Å². The SMILES string of the molecule is O=C(NCCNS(=O)(=O)c1ccc(Br)cc1Cl)c1ccco1. The van der Waals surface area contributed by atoms with Gasteiger partial charge in [0.05, 0.1) is 11.3 Å². The first-order chi connectivity index (χ1) is 10.4. The maximum absolute atomic E-state index is 12.1. The molecule has 2 rings (SSSR count). The molecule has 0 spiro atoms. The lowest BCUT2D eigenvalue weighted by Gasteiger charge is -2.09. The summed E-state index contributed by atoms with van der Waals surface area (Å²) in [6, 6.07) is 7.58. The fourth-order valence-corrected chi connectivity index (χ4v) is 3.69. The number of furan rings is 1. The van der Waals surface area contributed by atoms with Crippen molar-refractivity contribution in [2.45, 2.75) is 4.90 Å². The normalized spacial score (nSPS) is 11.4. The molecular weight excluding hydrogens is 396 g/mol. The van der Waals surface area contributed by atoms with Gasteiger partial charge in [0, 0.05) is 17.6 Å². The first kappa shape index (κ1) is 17.0. The average molecular weight is 408 g/mol. The number of amides is 1. The molecule has 1 aromatic heterocycles. The van der Waals surface area contributed by atoms with E-state index in [0.29, 0.717) is 4.47 Å². The van der Waals surface area contributed by atoms with Crippen LogP contribution in [0.4, 0.5) is 0 Å². The van der Waals surface area contributed by atoms with E-state index in [2.05, 4.69) is 26.0 Å². The highest BCUT2D eigenvalue weighted by atomic mass is 79.9. The number of benzene rings is 1. The van der Waals surface area contributed by atoms with Gasteiger partial charge in [-0.25, -0.2) is 13.1 Å². The molecule has 1 heterocycles. The van der Waals surface area contributed by atoms with Crippen LogP contribution < -0.4 is 10.0 Å². The molecule has 0 unspecified atom stereocenters. The lowest BCUT2D eigenvalue weighted by atomic mass is 10.4. The van der Waals surface area contributed by atoms with Gasteiger partial charge in [-0.1, -0.05) is 27.5 Å². The molecule has 118 valence electrons. The van der Waals surface area contributed by atoms with E-state index >= 15 is 0 Å². The molecule has 0 aliphatic carbocycles. The van der Waals surface area contributed by atoms with Gasteiger partial charge in [0.2, 0.25) is 10.0 Å². The van der Waals surface area contributed by atoms with Gasteiger partial charge >= 0.3 is 0 Å². The van der Waals surface area contributed by atoms with Crippen molar-refractivity contribution in [3.05, 3.63) is 51.9 Å². The van der Waals surface area contributed by atoms with Crippen LogP contribution in [0.15, 0.2) is 50.4 Å². The van der Waals surface area contributed by atoms with Crippen molar-refractivity contribution < 1.29 is 17.6 Å². The molecule has 0 fully saturated rings. The van der Waals surface area contributed by atoms with Gasteiger partial charge in [0.25, 0.3) is 5.91 Å². The number of halogens is 2. The summed E-state index contributed by atoms with van der Waals surface area (Å²) in [6.45, 7) is 0.147. The zero-order chi connectivity index (χ0) is 16.2. The maximum Gasteiger partial charge on any atom is 0.287 e. The number of carbonyl (C=O) groups excluding carboxylic acids is 1. The lowest BCUT2D eigenvalue weighted by molar-refractivity contribution is 0.0926. The van der Waals surface area contributed by atoms with Crippen molar-refractivity contribution in [2.75, 3.05) is 13.1 Å². The number of carbonyl (C=O) groups is 1. The minimum Gasteiger partial charge on any atom is -0.459 e. The molecule has 0 bridgehead atoms. The molecule has 2 aromatic rings. The summed E-state index contributed by atoms with van der Waals surface area (Å²) in [4.78, 5) is 11.6. The Kier molecular flexibility index (Phi) is 5.63. The van der Waals surface area contributed by atoms with E-state index in [1.165, 1.54) is 24.5 Å². The van der Waals surface area contributed by atoms with Gasteiger partial charge < -0.3 is 9.73 Å². The summed E-state index contributed by atoms with van der Waals surface area (Å²) >= 11 is 9.12. The summed E-state index contributed by atoms with van der Waals surface area (Å²) in [5.41, 5.74) is 0. The molecule has 1 aromatic carbocycles. The molecule has 2 N–H and O–H groups in total. The monoisotopic (exact) mass is 406 g/mol. The molecule has 0 saturated carbocycles. The van der Waals surface area contributed by atoms with E-state index in [4.69, 9.17) is 16.0 Å². The van der Waals surface area contributed by atoms with E-state index in [0.717, 1.165) is 0 Å². The summed E-state index contributed by atoms with van der Waals surface area (Å²) in [7, 11) is -3.74. The molecule has 1 amide bonds. The maximum atomic E-state index is 12.1. The third kappa shape index (κ3) is 4.33. The summed E-state index contributed by atoms with van der Waals surface area (Å²) < 4.78 is 32.2. The highest BCUT2D eigenvalue weighted by molar-refractivity contribution is 9.10. The Morgan fingerprint density at radius 2 is 2.05 bits per heavy atom. The smallest absolute Gasteiger partial charge is 0.287 e. The molecule has 22 heavy (non-hydrogen) atoms. The molecule has 0 saturated heterocycles. The van der Waals surface area contributed by atoms with Gasteiger partial charge in [-0.3, -0.25) is 4.79 Å². The number of nitrogens with one attached hydrogen (secondary N) is 2. The van der Waals surface area contributed by atoms with Crippen molar-refractivity contribution in [3.63, 3.8) is 0 Å². The summed E-state index contributed by atoms with van der Waals surface area (Å²) in [5, 5.41) is 2.65. The minimum atomic E-state index is -3.74. The largest absolute Gasteiger partial charge is 0.459 e. The first-order valence-corrected chi connectivity index (χ1v) is 8.82. The van der Waals surface area contributed by atoms with E-state index in [-0.39, 0.29) is 28.8 Å². The Morgan fingerprint density at radius 3 is 2.68 bits per heavy atom. The number of hydrogen-bond donors (Lipinski definition) is 2. The fourth-order valence-electron chi connectivity index (χ4n) is 1.63. The quantitative estimate of drug-likeness (QED) is 0.720. The molecule has 0 aliphatic heterocycles. The fraction of sp³-hybridized carbons (Fsp3) is 0.154. The van der Waals surface area contributed by atoms with Crippen LogP contribution in [0.25, 0.3) is 0 Å². The Labute approximate surface area is 141 Å². The van der Waals surface area contributed by atoms with E-state index in [1.54, 1.807) is 12.1 Å². The molecule has 0 radical (unpaired) electrons. The van der Waals surface area contributed by atoms with Crippen LogP contribution in [0.5, 0.6) is 0 Å². The minimum absolute atomic E-state index is 0.0188. The van der Waals surface area contributed by atoms with E-state index < -0.39 is 15.9 Å². The van der Waals surface area contributed by atoms with Gasteiger partial charge in [-0.15, -0.1) is 0 Å². The third-order valence-corrected chi connectivity index (χ3v) is 5.07. The predicted octanol–water partition coefficient (Wildman–Crippen LogP) is 2.40. The highest BCUT2D eigenvalue weighted by Gasteiger charge is 2.17. The van der Waals surface area contributed by atoms with Gasteiger partial charge in [-0.2, -0.15) is 0 Å². The van der Waals surface area contributed by atoms with Crippen LogP contribution in [0.2, 0.25) is 5.02 Å². The second-order valence-corrected chi connectivity index (χ2v) is 7.26. The van der Waals surface area contributed by atoms with Crippen LogP contribution in [0.3, 0.4) is 0 Å². The van der Waals surface area contributed by atoms with Gasteiger partial charge in [0.1, 0.15) is 4.90 Å². The standard InChI is InChI=1S/C13H12BrClN2O4S/c14-9-3-4-12(10(15)8-9)22(19,20)17-6-5-16-13(18)11-2-1-7-21-11/h1-4,7-8,17H,5-6H2,(H,16,18). The van der Waals surface area contributed by atoms with Crippen LogP contribution in [0, 0.1) is 0 Å². The molecule has 6 nitrogen and oxygen atoms in total. The number of hydrogen-bond acceptors (Lipinski definition) is 4. The van der Waals surface area contributed by atoms with Crippen molar-refractivity contribution in [1.29, 1.82) is 0 Å². The summed E-state index contributed by atoms with van der Waals surface area (Å²) in [5.74, 6) is -0.246. The molecule has 9 heteroatoms. The van der Waals surface area contributed by atoms with Gasteiger partial charge in [0.15, 0.2) is 5.76 Å². The van der Waals surface area contributed by atoms with Crippen LogP contribution in [-0.2, 0) is 10.0 Å². The van der Waals surface area contributed by atoms with Gasteiger partial charge in [-0.05, 0) is 30.3 Å². The van der Waals surface area contributed by atoms with Crippen molar-refractivity contribution in [3.8, 4) is 0 Å². The van der Waals surface area contributed by atoms with Crippen molar-refractivity contribution >= 4 is 43.5 Å². The molecular formula is C13H12BrClN2O4S. The lowest BCUT2D eigenvalue weighted by Crippen LogP contribution is -2.34. The van der Waals surface area contributed by atoms with Crippen LogP contribution in [0.1, 0.15) is 10.6 Å². The second kappa shape index (κ2) is 7.28. The van der Waals surface area contributed by atoms with Crippen LogP contribution >= 0.6 is 27.5 Å². The highest BCUT2D eigenvalue weighted by Crippen LogP contribution is 2.24. The van der Waals surface area contributed by atoms with Crippen molar-refractivity contribution in [1.82, 2.24) is 10.0 Å². The number of rotatable bonds is 6. The Hall–Kier alpha value is -1.35. The molecule has 0 aliphatic rings. The zero-order valence-corrected chi connectivity index (χ0v) is 14.3. The first-order valence-electron chi connectivity index (χ1n) is 6.16. The second-order valence-electron chi connectivity index (χ2n) is 4.21. The number of sulfonamides is 1. The van der Waals surface area contributed by atoms with Crippen LogP contribution in [-0.4, -0.2) is 27.4 Å². The Bertz CT molecular complexity index is 762. The average Bonchev–Trinajstić information content (AvgIpc) is 2.97. The Morgan fingerprint density at radius 1 is 1.27 bits per heavy atom. The molecule has 0 atom stereocenters. The third-order valence-electron chi connectivity index (χ3n) is 2.63. The van der Waals surface area contributed by atoms with E-state index in [1.807, 2.05) is 0 Å². The van der Waals surface area contributed by atoms with Crippen molar-refractivity contribution in [2.24, 2.45) is 0 Å². The Balaban J connectivity index is 1.89. The predicted molar refractivity (Wildman–Crippen MR) is 85.4 cm³/mol. The summed E-state index contributed by atoms with van der Waals surface area (Å²) in [6.07, 6.45) is 1.38. The van der Waals surface area contributed by atoms with E-state index in [9.17, 15) is 13.2 Å².